The number of nitrogens with one attached hydrogen (secondary N) is 1. The average Bonchev–Trinajstić information content (AvgIpc) is 2.70. The first-order chi connectivity index (χ1) is 8.70. The second-order valence-electron chi connectivity index (χ2n) is 4.13. The van der Waals surface area contributed by atoms with Crippen LogP contribution < -0.4 is 5.32 Å². The minimum absolute atomic E-state index is 0.470. The minimum Gasteiger partial charge on any atom is -0.423 e. The molecule has 0 amide bonds. The third-order valence-electron chi connectivity index (χ3n) is 2.62. The first kappa shape index (κ1) is 11.1. The number of hydrogen-bond donors (Lipinski definition) is 1. The van der Waals surface area contributed by atoms with Gasteiger partial charge in [-0.2, -0.15) is 4.98 Å². The molecule has 18 heavy (non-hydrogen) atoms. The van der Waals surface area contributed by atoms with Gasteiger partial charge in [0.25, 0.3) is 6.01 Å². The highest BCUT2D eigenvalue weighted by Crippen LogP contribution is 2.24. The summed E-state index contributed by atoms with van der Waals surface area (Å²) >= 11 is 5.92. The molecule has 0 aliphatic carbocycles. The van der Waals surface area contributed by atoms with Crippen LogP contribution in [0.25, 0.3) is 11.1 Å². The third kappa shape index (κ3) is 2.17. The summed E-state index contributed by atoms with van der Waals surface area (Å²) in [5, 5.41) is 3.76. The number of halogens is 1. The Morgan fingerprint density at radius 1 is 1.17 bits per heavy atom. The molecule has 3 rings (SSSR count). The quantitative estimate of drug-likeness (QED) is 0.734. The van der Waals surface area contributed by atoms with Crippen LogP contribution in [-0.4, -0.2) is 4.98 Å². The van der Waals surface area contributed by atoms with Crippen LogP contribution in [0.5, 0.6) is 0 Å². The fourth-order valence-electron chi connectivity index (χ4n) is 1.78. The summed E-state index contributed by atoms with van der Waals surface area (Å²) in [6.45, 7) is 2.02. The van der Waals surface area contributed by atoms with E-state index in [-0.39, 0.29) is 0 Å². The van der Waals surface area contributed by atoms with Gasteiger partial charge in [0, 0.05) is 10.7 Å². The first-order valence-electron chi connectivity index (χ1n) is 5.60. The van der Waals surface area contributed by atoms with Gasteiger partial charge in [-0.15, -0.1) is 0 Å². The summed E-state index contributed by atoms with van der Waals surface area (Å²) in [6.07, 6.45) is 0. The topological polar surface area (TPSA) is 38.1 Å². The molecule has 2 aromatic carbocycles. The molecule has 0 radical (unpaired) electrons. The van der Waals surface area contributed by atoms with Gasteiger partial charge in [-0.3, -0.25) is 0 Å². The van der Waals surface area contributed by atoms with Crippen molar-refractivity contribution >= 4 is 34.4 Å². The number of aryl methyl sites for hydroxylation is 1. The van der Waals surface area contributed by atoms with Crippen molar-refractivity contribution < 1.29 is 4.42 Å². The van der Waals surface area contributed by atoms with Gasteiger partial charge in [-0.25, -0.2) is 0 Å². The Hall–Kier alpha value is -2.00. The molecule has 1 heterocycles. The van der Waals surface area contributed by atoms with Gasteiger partial charge in [-0.05, 0) is 42.8 Å². The first-order valence-corrected chi connectivity index (χ1v) is 5.98. The lowest BCUT2D eigenvalue weighted by atomic mass is 10.2. The third-order valence-corrected chi connectivity index (χ3v) is 2.85. The fraction of sp³-hybridized carbons (Fsp3) is 0.0714. The van der Waals surface area contributed by atoms with Crippen molar-refractivity contribution in [2.24, 2.45) is 0 Å². The monoisotopic (exact) mass is 258 g/mol. The molecule has 0 aliphatic rings. The summed E-state index contributed by atoms with van der Waals surface area (Å²) in [4.78, 5) is 4.36. The zero-order valence-corrected chi connectivity index (χ0v) is 10.5. The molecule has 0 unspecified atom stereocenters. The lowest BCUT2D eigenvalue weighted by molar-refractivity contribution is 0.623. The number of aromatic nitrogens is 1. The summed E-state index contributed by atoms with van der Waals surface area (Å²) in [5.74, 6) is 0. The van der Waals surface area contributed by atoms with Gasteiger partial charge in [0.05, 0.1) is 0 Å². The number of anilines is 2. The van der Waals surface area contributed by atoms with E-state index in [1.807, 2.05) is 49.4 Å². The largest absolute Gasteiger partial charge is 0.423 e. The Balaban J connectivity index is 1.95. The molecule has 3 nitrogen and oxygen atoms in total. The molecule has 3 aromatic rings. The molecular weight excluding hydrogens is 248 g/mol. The molecule has 0 spiro atoms. The summed E-state index contributed by atoms with van der Waals surface area (Å²) in [6, 6.07) is 13.8. The summed E-state index contributed by atoms with van der Waals surface area (Å²) < 4.78 is 5.63. The van der Waals surface area contributed by atoms with Crippen molar-refractivity contribution in [3.8, 4) is 0 Å². The molecule has 0 aliphatic heterocycles. The van der Waals surface area contributed by atoms with E-state index in [4.69, 9.17) is 16.0 Å². The Bertz CT molecular complexity index is 706. The highest BCUT2D eigenvalue weighted by Gasteiger charge is 2.05. The van der Waals surface area contributed by atoms with Crippen LogP contribution in [-0.2, 0) is 0 Å². The van der Waals surface area contributed by atoms with Gasteiger partial charge < -0.3 is 9.73 Å². The van der Waals surface area contributed by atoms with E-state index >= 15 is 0 Å². The van der Waals surface area contributed by atoms with Crippen LogP contribution in [0, 0.1) is 6.92 Å². The van der Waals surface area contributed by atoms with Gasteiger partial charge >= 0.3 is 0 Å². The average molecular weight is 259 g/mol. The maximum Gasteiger partial charge on any atom is 0.300 e. The molecule has 0 atom stereocenters. The number of oxazole rings is 1. The fourth-order valence-corrected chi connectivity index (χ4v) is 1.97. The second-order valence-corrected chi connectivity index (χ2v) is 4.56. The number of benzene rings is 2. The Labute approximate surface area is 109 Å². The van der Waals surface area contributed by atoms with Crippen LogP contribution in [0.1, 0.15) is 5.56 Å². The molecular formula is C14H11ClN2O. The molecule has 1 N–H and O–H groups in total. The van der Waals surface area contributed by atoms with Crippen LogP contribution in [0.2, 0.25) is 5.02 Å². The van der Waals surface area contributed by atoms with E-state index in [1.165, 1.54) is 0 Å². The minimum atomic E-state index is 0.470. The van der Waals surface area contributed by atoms with Gasteiger partial charge in [0.15, 0.2) is 5.58 Å². The van der Waals surface area contributed by atoms with Crippen molar-refractivity contribution in [3.63, 3.8) is 0 Å². The van der Waals surface area contributed by atoms with Gasteiger partial charge in [-0.1, -0.05) is 23.7 Å². The van der Waals surface area contributed by atoms with Crippen molar-refractivity contribution in [3.05, 3.63) is 53.1 Å². The smallest absolute Gasteiger partial charge is 0.300 e. The van der Waals surface area contributed by atoms with Crippen molar-refractivity contribution in [2.75, 3.05) is 5.32 Å². The van der Waals surface area contributed by atoms with Crippen molar-refractivity contribution in [1.29, 1.82) is 0 Å². The predicted molar refractivity (Wildman–Crippen MR) is 73.5 cm³/mol. The number of rotatable bonds is 2. The van der Waals surface area contributed by atoms with Crippen LogP contribution >= 0.6 is 11.6 Å². The van der Waals surface area contributed by atoms with Crippen LogP contribution in [0.15, 0.2) is 46.9 Å². The molecule has 0 fully saturated rings. The van der Waals surface area contributed by atoms with Gasteiger partial charge in [0.2, 0.25) is 0 Å². The zero-order valence-electron chi connectivity index (χ0n) is 9.77. The molecule has 1 aromatic heterocycles. The van der Waals surface area contributed by atoms with E-state index in [2.05, 4.69) is 10.3 Å². The molecule has 0 saturated heterocycles. The lowest BCUT2D eigenvalue weighted by Gasteiger charge is -2.00. The van der Waals surface area contributed by atoms with Crippen LogP contribution in [0.4, 0.5) is 11.7 Å². The second kappa shape index (κ2) is 4.35. The van der Waals surface area contributed by atoms with E-state index in [0.29, 0.717) is 11.0 Å². The molecule has 4 heteroatoms. The lowest BCUT2D eigenvalue weighted by Crippen LogP contribution is -1.89. The van der Waals surface area contributed by atoms with E-state index in [0.717, 1.165) is 22.4 Å². The number of nitrogens with zero attached hydrogens (tertiary/aromatic N) is 1. The Morgan fingerprint density at radius 2 is 2.06 bits per heavy atom. The number of fused-ring (bicyclic) bond motifs is 1. The van der Waals surface area contributed by atoms with E-state index in [9.17, 15) is 0 Å². The van der Waals surface area contributed by atoms with E-state index in [1.54, 1.807) is 0 Å². The maximum absolute atomic E-state index is 5.92. The molecule has 0 saturated carbocycles. The normalized spacial score (nSPS) is 10.8. The highest BCUT2D eigenvalue weighted by atomic mass is 35.5. The number of hydrogen-bond acceptors (Lipinski definition) is 3. The summed E-state index contributed by atoms with van der Waals surface area (Å²) in [7, 11) is 0. The summed E-state index contributed by atoms with van der Waals surface area (Å²) in [5.41, 5.74) is 3.61. The van der Waals surface area contributed by atoms with Crippen LogP contribution in [0.3, 0.4) is 0 Å². The predicted octanol–water partition coefficient (Wildman–Crippen LogP) is 4.53. The van der Waals surface area contributed by atoms with E-state index < -0.39 is 0 Å². The zero-order chi connectivity index (χ0) is 12.5. The Morgan fingerprint density at radius 3 is 2.89 bits per heavy atom. The van der Waals surface area contributed by atoms with Crippen molar-refractivity contribution in [1.82, 2.24) is 4.98 Å². The molecule has 90 valence electrons. The van der Waals surface area contributed by atoms with Crippen molar-refractivity contribution in [2.45, 2.75) is 6.92 Å². The SMILES string of the molecule is Cc1ccc2nc(Nc3cccc(Cl)c3)oc2c1. The Kier molecular flexibility index (Phi) is 2.68. The van der Waals surface area contributed by atoms with Gasteiger partial charge in [0.1, 0.15) is 5.52 Å². The standard InChI is InChI=1S/C14H11ClN2O/c1-9-5-6-12-13(7-9)18-14(17-12)16-11-4-2-3-10(15)8-11/h2-8H,1H3,(H,16,17). The molecule has 0 bridgehead atoms. The highest BCUT2D eigenvalue weighted by molar-refractivity contribution is 6.30. The maximum atomic E-state index is 5.92.